The monoisotopic (exact) mass is 290 g/mol. The number of hydrogen-bond acceptors (Lipinski definition) is 5. The molecule has 0 saturated carbocycles. The molecule has 1 amide bonds. The maximum atomic E-state index is 12.0. The summed E-state index contributed by atoms with van der Waals surface area (Å²) in [6.45, 7) is 2.46. The van der Waals surface area contributed by atoms with Crippen molar-refractivity contribution in [3.05, 3.63) is 12.4 Å². The van der Waals surface area contributed by atoms with Crippen LogP contribution in [0.1, 0.15) is 6.42 Å². The first-order valence-electron chi connectivity index (χ1n) is 5.95. The second kappa shape index (κ2) is 6.04. The molecule has 0 atom stereocenters. The molecule has 0 aliphatic carbocycles. The van der Waals surface area contributed by atoms with Crippen LogP contribution in [0, 0.1) is 0 Å². The standard InChI is InChI=1S/C11H13F3N4O2/c12-11(13,14)5-9(19)17-8-6-15-10(16-7-8)18-1-3-20-4-2-18/h6-7H,1-5H2,(H,17,19). The molecule has 1 saturated heterocycles. The zero-order valence-corrected chi connectivity index (χ0v) is 10.5. The van der Waals surface area contributed by atoms with Gasteiger partial charge in [-0.3, -0.25) is 4.79 Å². The van der Waals surface area contributed by atoms with E-state index in [9.17, 15) is 18.0 Å². The minimum atomic E-state index is -4.53. The van der Waals surface area contributed by atoms with Crippen LogP contribution < -0.4 is 10.2 Å². The van der Waals surface area contributed by atoms with E-state index in [2.05, 4.69) is 15.3 Å². The number of morpholine rings is 1. The van der Waals surface area contributed by atoms with E-state index in [4.69, 9.17) is 4.74 Å². The van der Waals surface area contributed by atoms with E-state index < -0.39 is 18.5 Å². The fourth-order valence-electron chi connectivity index (χ4n) is 1.70. The summed E-state index contributed by atoms with van der Waals surface area (Å²) < 4.78 is 41.2. The van der Waals surface area contributed by atoms with Crippen molar-refractivity contribution >= 4 is 17.5 Å². The van der Waals surface area contributed by atoms with Crippen LogP contribution >= 0.6 is 0 Å². The highest BCUT2D eigenvalue weighted by Crippen LogP contribution is 2.20. The molecule has 20 heavy (non-hydrogen) atoms. The fourth-order valence-corrected chi connectivity index (χ4v) is 1.70. The van der Waals surface area contributed by atoms with Crippen molar-refractivity contribution in [3.63, 3.8) is 0 Å². The molecular formula is C11H13F3N4O2. The number of nitrogens with zero attached hydrogens (tertiary/aromatic N) is 3. The van der Waals surface area contributed by atoms with E-state index in [1.165, 1.54) is 12.4 Å². The maximum absolute atomic E-state index is 12.0. The summed E-state index contributed by atoms with van der Waals surface area (Å²) in [4.78, 5) is 21.0. The second-order valence-corrected chi connectivity index (χ2v) is 4.21. The Hall–Kier alpha value is -1.90. The maximum Gasteiger partial charge on any atom is 0.397 e. The van der Waals surface area contributed by atoms with Gasteiger partial charge in [-0.1, -0.05) is 0 Å². The Balaban J connectivity index is 1.92. The summed E-state index contributed by atoms with van der Waals surface area (Å²) in [6, 6.07) is 0. The minimum Gasteiger partial charge on any atom is -0.378 e. The van der Waals surface area contributed by atoms with Gasteiger partial charge in [0.1, 0.15) is 6.42 Å². The number of ether oxygens (including phenoxy) is 1. The highest BCUT2D eigenvalue weighted by molar-refractivity contribution is 5.90. The van der Waals surface area contributed by atoms with Crippen molar-refractivity contribution in [2.45, 2.75) is 12.6 Å². The second-order valence-electron chi connectivity index (χ2n) is 4.21. The number of halogens is 3. The molecule has 1 aromatic heterocycles. The van der Waals surface area contributed by atoms with Crippen LogP contribution in [0.2, 0.25) is 0 Å². The third kappa shape index (κ3) is 4.34. The summed E-state index contributed by atoms with van der Waals surface area (Å²) in [5, 5.41) is 2.10. The first-order chi connectivity index (χ1) is 9.44. The van der Waals surface area contributed by atoms with Crippen LogP contribution in [0.4, 0.5) is 24.8 Å². The molecule has 0 unspecified atom stereocenters. The van der Waals surface area contributed by atoms with Gasteiger partial charge in [-0.05, 0) is 0 Å². The van der Waals surface area contributed by atoms with Crippen LogP contribution in [0.3, 0.4) is 0 Å². The van der Waals surface area contributed by atoms with Gasteiger partial charge in [0, 0.05) is 13.1 Å². The quantitative estimate of drug-likeness (QED) is 0.906. The van der Waals surface area contributed by atoms with E-state index in [1.54, 1.807) is 0 Å². The highest BCUT2D eigenvalue weighted by Gasteiger charge is 2.31. The van der Waals surface area contributed by atoms with E-state index in [-0.39, 0.29) is 5.69 Å². The lowest BCUT2D eigenvalue weighted by atomic mass is 10.4. The number of anilines is 2. The number of amides is 1. The zero-order valence-electron chi connectivity index (χ0n) is 10.5. The Morgan fingerprint density at radius 1 is 1.30 bits per heavy atom. The van der Waals surface area contributed by atoms with Crippen molar-refractivity contribution in [1.29, 1.82) is 0 Å². The highest BCUT2D eigenvalue weighted by atomic mass is 19.4. The van der Waals surface area contributed by atoms with Crippen LogP contribution in [0.5, 0.6) is 0 Å². The van der Waals surface area contributed by atoms with Crippen molar-refractivity contribution < 1.29 is 22.7 Å². The number of carbonyl (C=O) groups excluding carboxylic acids is 1. The molecule has 1 N–H and O–H groups in total. The normalized spacial score (nSPS) is 16.1. The largest absolute Gasteiger partial charge is 0.397 e. The average Bonchev–Trinajstić information content (AvgIpc) is 2.38. The topological polar surface area (TPSA) is 67.4 Å². The molecular weight excluding hydrogens is 277 g/mol. The summed E-state index contributed by atoms with van der Waals surface area (Å²) in [7, 11) is 0. The lowest BCUT2D eigenvalue weighted by molar-refractivity contribution is -0.150. The predicted molar refractivity (Wildman–Crippen MR) is 64.4 cm³/mol. The number of alkyl halides is 3. The van der Waals surface area contributed by atoms with Gasteiger partial charge in [0.15, 0.2) is 0 Å². The third-order valence-electron chi connectivity index (χ3n) is 2.58. The summed E-state index contributed by atoms with van der Waals surface area (Å²) >= 11 is 0. The first-order valence-corrected chi connectivity index (χ1v) is 5.95. The Labute approximate surface area is 113 Å². The Bertz CT molecular complexity index is 458. The number of aromatic nitrogens is 2. The van der Waals surface area contributed by atoms with Crippen LogP contribution in [0.25, 0.3) is 0 Å². The fraction of sp³-hybridized carbons (Fsp3) is 0.545. The van der Waals surface area contributed by atoms with Crippen LogP contribution in [-0.2, 0) is 9.53 Å². The molecule has 110 valence electrons. The van der Waals surface area contributed by atoms with E-state index in [0.29, 0.717) is 32.3 Å². The Morgan fingerprint density at radius 3 is 2.45 bits per heavy atom. The first kappa shape index (κ1) is 14.5. The van der Waals surface area contributed by atoms with Gasteiger partial charge in [0.05, 0.1) is 31.3 Å². The van der Waals surface area contributed by atoms with E-state index in [1.807, 2.05) is 4.90 Å². The minimum absolute atomic E-state index is 0.135. The van der Waals surface area contributed by atoms with Gasteiger partial charge >= 0.3 is 6.18 Å². The molecule has 1 aliphatic heterocycles. The van der Waals surface area contributed by atoms with E-state index >= 15 is 0 Å². The molecule has 1 aromatic rings. The van der Waals surface area contributed by atoms with Gasteiger partial charge in [0.25, 0.3) is 0 Å². The predicted octanol–water partition coefficient (Wildman–Crippen LogP) is 1.20. The summed E-state index contributed by atoms with van der Waals surface area (Å²) in [5.41, 5.74) is 0.135. The van der Waals surface area contributed by atoms with Crippen LogP contribution in [0.15, 0.2) is 12.4 Å². The lowest BCUT2D eigenvalue weighted by Gasteiger charge is -2.26. The SMILES string of the molecule is O=C(CC(F)(F)F)Nc1cnc(N2CCOCC2)nc1. The molecule has 2 heterocycles. The van der Waals surface area contributed by atoms with Gasteiger partial charge in [-0.15, -0.1) is 0 Å². The summed E-state index contributed by atoms with van der Waals surface area (Å²) in [6.07, 6.45) is -3.49. The number of rotatable bonds is 3. The Kier molecular flexibility index (Phi) is 4.38. The molecule has 0 aromatic carbocycles. The van der Waals surface area contributed by atoms with Gasteiger partial charge < -0.3 is 15.0 Å². The molecule has 0 bridgehead atoms. The van der Waals surface area contributed by atoms with Crippen molar-refractivity contribution in [1.82, 2.24) is 9.97 Å². The zero-order chi connectivity index (χ0) is 14.6. The molecule has 9 heteroatoms. The number of nitrogens with one attached hydrogen (secondary N) is 1. The van der Waals surface area contributed by atoms with Gasteiger partial charge in [-0.25, -0.2) is 9.97 Å². The summed E-state index contributed by atoms with van der Waals surface area (Å²) in [5.74, 6) is -0.678. The average molecular weight is 290 g/mol. The third-order valence-corrected chi connectivity index (χ3v) is 2.58. The van der Waals surface area contributed by atoms with E-state index in [0.717, 1.165) is 0 Å². The van der Waals surface area contributed by atoms with Crippen molar-refractivity contribution in [3.8, 4) is 0 Å². The molecule has 1 fully saturated rings. The van der Waals surface area contributed by atoms with Crippen LogP contribution in [-0.4, -0.2) is 48.4 Å². The van der Waals surface area contributed by atoms with Crippen molar-refractivity contribution in [2.24, 2.45) is 0 Å². The van der Waals surface area contributed by atoms with Gasteiger partial charge in [0.2, 0.25) is 11.9 Å². The number of hydrogen-bond donors (Lipinski definition) is 1. The Morgan fingerprint density at radius 2 is 1.90 bits per heavy atom. The smallest absolute Gasteiger partial charge is 0.378 e. The molecule has 6 nitrogen and oxygen atoms in total. The molecule has 0 radical (unpaired) electrons. The lowest BCUT2D eigenvalue weighted by Crippen LogP contribution is -2.37. The van der Waals surface area contributed by atoms with Gasteiger partial charge in [-0.2, -0.15) is 13.2 Å². The molecule has 1 aliphatic rings. The molecule has 2 rings (SSSR count). The van der Waals surface area contributed by atoms with Crippen molar-refractivity contribution in [2.75, 3.05) is 36.5 Å². The molecule has 0 spiro atoms. The number of carbonyl (C=O) groups is 1.